The lowest BCUT2D eigenvalue weighted by Crippen LogP contribution is -2.23. The summed E-state index contributed by atoms with van der Waals surface area (Å²) in [6.45, 7) is 6.55. The molecule has 0 amide bonds. The van der Waals surface area contributed by atoms with E-state index in [0.717, 1.165) is 16.2 Å². The molecule has 2 rings (SSSR count). The zero-order chi connectivity index (χ0) is 13.3. The van der Waals surface area contributed by atoms with Gasteiger partial charge in [-0.25, -0.2) is 8.78 Å². The predicted molar refractivity (Wildman–Crippen MR) is 72.9 cm³/mol. The third-order valence-corrected chi connectivity index (χ3v) is 3.53. The molecule has 0 spiro atoms. The van der Waals surface area contributed by atoms with Gasteiger partial charge in [0.2, 0.25) is 0 Å². The molecule has 18 heavy (non-hydrogen) atoms. The molecule has 0 aromatic heterocycles. The molecule has 4 heteroatoms. The van der Waals surface area contributed by atoms with Crippen molar-refractivity contribution in [2.24, 2.45) is 0 Å². The van der Waals surface area contributed by atoms with Crippen LogP contribution in [0.3, 0.4) is 0 Å². The van der Waals surface area contributed by atoms with Crippen LogP contribution in [0.15, 0.2) is 47.1 Å². The summed E-state index contributed by atoms with van der Waals surface area (Å²) in [5, 5.41) is 0. The first-order valence-corrected chi connectivity index (χ1v) is 6.33. The van der Waals surface area contributed by atoms with E-state index in [0.29, 0.717) is 17.8 Å². The zero-order valence-corrected chi connectivity index (χ0v) is 11.5. The van der Waals surface area contributed by atoms with Crippen molar-refractivity contribution >= 4 is 21.6 Å². The molecular weight excluding hydrogens is 300 g/mol. The Balaban J connectivity index is 2.52. The van der Waals surface area contributed by atoms with Crippen molar-refractivity contribution < 1.29 is 8.78 Å². The average molecular weight is 312 g/mol. The van der Waals surface area contributed by atoms with Crippen LogP contribution in [0.4, 0.5) is 8.78 Å². The van der Waals surface area contributed by atoms with Gasteiger partial charge in [-0.05, 0) is 47.1 Å². The van der Waals surface area contributed by atoms with E-state index in [2.05, 4.69) is 22.5 Å². The zero-order valence-electron chi connectivity index (χ0n) is 9.88. The number of likely N-dealkylation sites (N-methyl/N-ethyl adjacent to an activating group) is 1. The molecule has 0 N–H and O–H groups in total. The Labute approximate surface area is 113 Å². The molecule has 94 valence electrons. The molecule has 1 aromatic carbocycles. The van der Waals surface area contributed by atoms with Gasteiger partial charge in [0.1, 0.15) is 11.6 Å². The van der Waals surface area contributed by atoms with E-state index in [9.17, 15) is 8.78 Å². The van der Waals surface area contributed by atoms with Gasteiger partial charge >= 0.3 is 0 Å². The number of allylic oxidation sites excluding steroid dienone is 3. The second-order valence-corrected chi connectivity index (χ2v) is 4.74. The van der Waals surface area contributed by atoms with E-state index < -0.39 is 11.6 Å². The molecule has 1 aliphatic rings. The highest BCUT2D eigenvalue weighted by atomic mass is 79.9. The second kappa shape index (κ2) is 5.06. The van der Waals surface area contributed by atoms with E-state index in [-0.39, 0.29) is 0 Å². The van der Waals surface area contributed by atoms with Crippen molar-refractivity contribution in [3.8, 4) is 0 Å². The van der Waals surface area contributed by atoms with Gasteiger partial charge in [0.15, 0.2) is 0 Å². The van der Waals surface area contributed by atoms with Crippen LogP contribution in [0.5, 0.6) is 0 Å². The summed E-state index contributed by atoms with van der Waals surface area (Å²) < 4.78 is 27.6. The maximum absolute atomic E-state index is 13.8. The Morgan fingerprint density at radius 3 is 2.61 bits per heavy atom. The second-order valence-electron chi connectivity index (χ2n) is 3.88. The largest absolute Gasteiger partial charge is 0.341 e. The van der Waals surface area contributed by atoms with Gasteiger partial charge < -0.3 is 4.90 Å². The Morgan fingerprint density at radius 2 is 2.00 bits per heavy atom. The van der Waals surface area contributed by atoms with Crippen molar-refractivity contribution in [1.29, 1.82) is 0 Å². The lowest BCUT2D eigenvalue weighted by Gasteiger charge is -2.30. The summed E-state index contributed by atoms with van der Waals surface area (Å²) in [6.07, 6.45) is 3.60. The van der Waals surface area contributed by atoms with Crippen LogP contribution in [0.2, 0.25) is 0 Å². The fourth-order valence-electron chi connectivity index (χ4n) is 1.91. The molecule has 0 saturated heterocycles. The number of benzene rings is 1. The number of rotatable bonds is 2. The lowest BCUT2D eigenvalue weighted by molar-refractivity contribution is 0.518. The number of nitrogens with zero attached hydrogens (tertiary/aromatic N) is 1. The summed E-state index contributed by atoms with van der Waals surface area (Å²) in [6, 6.07) is 3.59. The Bertz CT molecular complexity index is 561. The smallest absolute Gasteiger partial charge is 0.135 e. The minimum atomic E-state index is -0.578. The molecule has 0 saturated carbocycles. The van der Waals surface area contributed by atoms with Gasteiger partial charge in [-0.15, -0.1) is 0 Å². The SMILES string of the molecule is C=C1C(Br)=CC=C(c2ccc(F)cc2F)N1CC. The number of hydrogen-bond donors (Lipinski definition) is 0. The number of halogens is 3. The first-order valence-electron chi connectivity index (χ1n) is 5.54. The van der Waals surface area contributed by atoms with Gasteiger partial charge in [-0.1, -0.05) is 6.58 Å². The third kappa shape index (κ3) is 2.25. The fourth-order valence-corrected chi connectivity index (χ4v) is 2.25. The monoisotopic (exact) mass is 311 g/mol. The predicted octanol–water partition coefficient (Wildman–Crippen LogP) is 4.43. The molecule has 0 aliphatic carbocycles. The van der Waals surface area contributed by atoms with Gasteiger partial charge in [-0.2, -0.15) is 0 Å². The normalized spacial score (nSPS) is 15.6. The molecule has 1 nitrogen and oxygen atoms in total. The van der Waals surface area contributed by atoms with Crippen molar-refractivity contribution in [3.05, 3.63) is 64.3 Å². The van der Waals surface area contributed by atoms with E-state index in [4.69, 9.17) is 0 Å². The maximum Gasteiger partial charge on any atom is 0.135 e. The maximum atomic E-state index is 13.8. The van der Waals surface area contributed by atoms with Gasteiger partial charge in [0, 0.05) is 28.4 Å². The molecule has 0 bridgehead atoms. The number of hydrogen-bond acceptors (Lipinski definition) is 1. The molecule has 1 heterocycles. The van der Waals surface area contributed by atoms with Crippen LogP contribution < -0.4 is 0 Å². The summed E-state index contributed by atoms with van der Waals surface area (Å²) in [4.78, 5) is 1.88. The quantitative estimate of drug-likeness (QED) is 0.781. The highest BCUT2D eigenvalue weighted by Gasteiger charge is 2.20. The molecule has 0 unspecified atom stereocenters. The van der Waals surface area contributed by atoms with E-state index in [1.165, 1.54) is 12.1 Å². The third-order valence-electron chi connectivity index (χ3n) is 2.80. The topological polar surface area (TPSA) is 3.24 Å². The first kappa shape index (κ1) is 13.0. The molecule has 1 aromatic rings. The van der Waals surface area contributed by atoms with Gasteiger partial charge in [0.25, 0.3) is 0 Å². The Morgan fingerprint density at radius 1 is 1.28 bits per heavy atom. The Kier molecular flexibility index (Phi) is 3.66. The standard InChI is InChI=1S/C14H12BrF2N/c1-3-18-9(2)12(15)6-7-14(18)11-5-4-10(16)8-13(11)17/h4-8H,2-3H2,1H3. The highest BCUT2D eigenvalue weighted by Crippen LogP contribution is 2.33. The lowest BCUT2D eigenvalue weighted by atomic mass is 10.1. The molecule has 0 atom stereocenters. The van der Waals surface area contributed by atoms with Crippen molar-refractivity contribution in [1.82, 2.24) is 4.90 Å². The Hall–Kier alpha value is -1.42. The summed E-state index contributed by atoms with van der Waals surface area (Å²) in [5.41, 5.74) is 1.82. The molecular formula is C14H12BrF2N. The van der Waals surface area contributed by atoms with Gasteiger partial charge in [-0.3, -0.25) is 0 Å². The summed E-state index contributed by atoms with van der Waals surface area (Å²) in [5.74, 6) is -1.15. The van der Waals surface area contributed by atoms with Gasteiger partial charge in [0.05, 0.1) is 5.70 Å². The minimum Gasteiger partial charge on any atom is -0.341 e. The first-order chi connectivity index (χ1) is 8.54. The minimum absolute atomic E-state index is 0.371. The van der Waals surface area contributed by atoms with Crippen molar-refractivity contribution in [3.63, 3.8) is 0 Å². The van der Waals surface area contributed by atoms with Crippen molar-refractivity contribution in [2.45, 2.75) is 6.92 Å². The van der Waals surface area contributed by atoms with E-state index in [1.807, 2.05) is 17.9 Å². The van der Waals surface area contributed by atoms with Crippen LogP contribution in [-0.4, -0.2) is 11.4 Å². The summed E-state index contributed by atoms with van der Waals surface area (Å²) in [7, 11) is 0. The molecule has 1 aliphatic heterocycles. The molecule has 0 radical (unpaired) electrons. The average Bonchev–Trinajstić information content (AvgIpc) is 2.33. The van der Waals surface area contributed by atoms with Crippen LogP contribution in [0.25, 0.3) is 5.70 Å². The van der Waals surface area contributed by atoms with Crippen LogP contribution in [0, 0.1) is 11.6 Å². The van der Waals surface area contributed by atoms with Crippen LogP contribution >= 0.6 is 15.9 Å². The van der Waals surface area contributed by atoms with E-state index in [1.54, 1.807) is 6.08 Å². The molecule has 0 fully saturated rings. The van der Waals surface area contributed by atoms with E-state index >= 15 is 0 Å². The van der Waals surface area contributed by atoms with Crippen molar-refractivity contribution in [2.75, 3.05) is 6.54 Å². The van der Waals surface area contributed by atoms with Crippen LogP contribution in [0.1, 0.15) is 12.5 Å². The van der Waals surface area contributed by atoms with Crippen LogP contribution in [-0.2, 0) is 0 Å². The fraction of sp³-hybridized carbons (Fsp3) is 0.143. The summed E-state index contributed by atoms with van der Waals surface area (Å²) >= 11 is 3.39. The highest BCUT2D eigenvalue weighted by molar-refractivity contribution is 9.12.